The quantitative estimate of drug-likeness (QED) is 0.296. The van der Waals surface area contributed by atoms with Crippen LogP contribution in [0.15, 0.2) is 30.3 Å². The number of aromatic amines is 1. The summed E-state index contributed by atoms with van der Waals surface area (Å²) >= 11 is 0. The lowest BCUT2D eigenvalue weighted by Gasteiger charge is -2.05. The number of esters is 1. The number of unbranched alkanes of at least 4 members (excludes halogenated alkanes) is 1. The predicted octanol–water partition coefficient (Wildman–Crippen LogP) is 4.88. The zero-order valence-electron chi connectivity index (χ0n) is 16.4. The minimum Gasteiger partial charge on any atom is -0.494 e. The fraction of sp³-hybridized carbons (Fsp3) is 0.364. The largest absolute Gasteiger partial charge is 0.494 e. The van der Waals surface area contributed by atoms with Crippen LogP contribution in [-0.2, 0) is 4.74 Å². The van der Waals surface area contributed by atoms with Crippen molar-refractivity contribution in [2.45, 2.75) is 40.5 Å². The molecule has 1 N–H and O–H groups in total. The molecule has 0 aliphatic carbocycles. The summed E-state index contributed by atoms with van der Waals surface area (Å²) in [6.07, 6.45) is 5.40. The van der Waals surface area contributed by atoms with Crippen LogP contribution in [0.1, 0.15) is 64.4 Å². The van der Waals surface area contributed by atoms with Crippen molar-refractivity contribution in [2.75, 3.05) is 13.2 Å². The van der Waals surface area contributed by atoms with E-state index >= 15 is 0 Å². The van der Waals surface area contributed by atoms with Gasteiger partial charge in [0.15, 0.2) is 5.78 Å². The van der Waals surface area contributed by atoms with Crippen LogP contribution in [0, 0.1) is 13.8 Å². The summed E-state index contributed by atoms with van der Waals surface area (Å²) < 4.78 is 10.7. The van der Waals surface area contributed by atoms with Crippen LogP contribution in [0.3, 0.4) is 0 Å². The average Bonchev–Trinajstić information content (AvgIpc) is 2.95. The smallest absolute Gasteiger partial charge is 0.355 e. The number of hydrogen-bond acceptors (Lipinski definition) is 4. The molecule has 0 bridgehead atoms. The fourth-order valence-corrected chi connectivity index (χ4v) is 2.79. The topological polar surface area (TPSA) is 68.4 Å². The van der Waals surface area contributed by atoms with Gasteiger partial charge in [-0.3, -0.25) is 4.79 Å². The normalized spacial score (nSPS) is 11.0. The van der Waals surface area contributed by atoms with Gasteiger partial charge < -0.3 is 14.5 Å². The second-order valence-electron chi connectivity index (χ2n) is 6.31. The first kappa shape index (κ1) is 20.5. The van der Waals surface area contributed by atoms with Gasteiger partial charge in [0.1, 0.15) is 11.4 Å². The minimum atomic E-state index is -0.445. The Labute approximate surface area is 160 Å². The predicted molar refractivity (Wildman–Crippen MR) is 106 cm³/mol. The van der Waals surface area contributed by atoms with Crippen molar-refractivity contribution in [3.63, 3.8) is 0 Å². The first-order valence-corrected chi connectivity index (χ1v) is 9.29. The maximum Gasteiger partial charge on any atom is 0.355 e. The Morgan fingerprint density at radius 3 is 2.44 bits per heavy atom. The first-order chi connectivity index (χ1) is 13.0. The Hall–Kier alpha value is -2.82. The van der Waals surface area contributed by atoms with Crippen molar-refractivity contribution in [1.29, 1.82) is 0 Å². The molecule has 0 radical (unpaired) electrons. The van der Waals surface area contributed by atoms with Crippen LogP contribution in [0.25, 0.3) is 6.08 Å². The second kappa shape index (κ2) is 9.76. The highest BCUT2D eigenvalue weighted by molar-refractivity contribution is 6.10. The van der Waals surface area contributed by atoms with Crippen LogP contribution in [-0.4, -0.2) is 30.0 Å². The summed E-state index contributed by atoms with van der Waals surface area (Å²) in [4.78, 5) is 27.5. The highest BCUT2D eigenvalue weighted by Gasteiger charge is 2.21. The van der Waals surface area contributed by atoms with Crippen LogP contribution < -0.4 is 4.74 Å². The zero-order valence-corrected chi connectivity index (χ0v) is 16.4. The minimum absolute atomic E-state index is 0.153. The van der Waals surface area contributed by atoms with Gasteiger partial charge in [0.25, 0.3) is 0 Å². The number of hydrogen-bond donors (Lipinski definition) is 1. The first-order valence-electron chi connectivity index (χ1n) is 9.29. The molecule has 0 atom stereocenters. The third-order valence-corrected chi connectivity index (χ3v) is 4.24. The molecule has 0 amide bonds. The molecular formula is C22H27NO4. The molecule has 0 fully saturated rings. The Balaban J connectivity index is 2.09. The Morgan fingerprint density at radius 1 is 1.11 bits per heavy atom. The number of nitrogens with one attached hydrogen (secondary N) is 1. The maximum atomic E-state index is 12.6. The third kappa shape index (κ3) is 5.33. The van der Waals surface area contributed by atoms with E-state index in [0.29, 0.717) is 29.1 Å². The number of benzene rings is 1. The lowest BCUT2D eigenvalue weighted by atomic mass is 10.0. The molecule has 2 aromatic rings. The number of aromatic nitrogens is 1. The lowest BCUT2D eigenvalue weighted by Crippen LogP contribution is -2.07. The van der Waals surface area contributed by atoms with Gasteiger partial charge in [-0.25, -0.2) is 4.79 Å². The molecule has 1 aromatic heterocycles. The van der Waals surface area contributed by atoms with Crippen molar-refractivity contribution in [3.8, 4) is 5.75 Å². The van der Waals surface area contributed by atoms with E-state index in [1.165, 1.54) is 6.08 Å². The summed E-state index contributed by atoms with van der Waals surface area (Å²) in [5.41, 5.74) is 3.02. The van der Waals surface area contributed by atoms with Crippen molar-refractivity contribution in [1.82, 2.24) is 4.98 Å². The maximum absolute atomic E-state index is 12.6. The molecule has 0 spiro atoms. The molecule has 2 rings (SSSR count). The van der Waals surface area contributed by atoms with Crippen LogP contribution >= 0.6 is 0 Å². The number of allylic oxidation sites excluding steroid dienone is 1. The van der Waals surface area contributed by atoms with Gasteiger partial charge in [-0.15, -0.1) is 0 Å². The molecule has 5 heteroatoms. The van der Waals surface area contributed by atoms with Crippen LogP contribution in [0.2, 0.25) is 0 Å². The summed E-state index contributed by atoms with van der Waals surface area (Å²) in [5, 5.41) is 0. The number of carbonyl (C=O) groups is 2. The lowest BCUT2D eigenvalue weighted by molar-refractivity contribution is 0.0519. The number of carbonyl (C=O) groups excluding carboxylic acids is 2. The van der Waals surface area contributed by atoms with Gasteiger partial charge in [0, 0.05) is 11.3 Å². The van der Waals surface area contributed by atoms with Crippen molar-refractivity contribution >= 4 is 17.8 Å². The zero-order chi connectivity index (χ0) is 19.8. The van der Waals surface area contributed by atoms with Gasteiger partial charge in [0.05, 0.1) is 13.2 Å². The molecule has 27 heavy (non-hydrogen) atoms. The van der Waals surface area contributed by atoms with E-state index in [0.717, 1.165) is 24.2 Å². The summed E-state index contributed by atoms with van der Waals surface area (Å²) in [5.74, 6) is 0.225. The molecule has 1 aromatic carbocycles. The molecule has 144 valence electrons. The molecule has 0 aliphatic heterocycles. The Bertz CT molecular complexity index is 816. The van der Waals surface area contributed by atoms with Gasteiger partial charge in [-0.1, -0.05) is 31.6 Å². The van der Waals surface area contributed by atoms with Crippen LogP contribution in [0.4, 0.5) is 0 Å². The van der Waals surface area contributed by atoms with E-state index in [9.17, 15) is 9.59 Å². The average molecular weight is 369 g/mol. The van der Waals surface area contributed by atoms with E-state index in [1.54, 1.807) is 26.8 Å². The Kier molecular flexibility index (Phi) is 7.41. The number of rotatable bonds is 9. The highest BCUT2D eigenvalue weighted by atomic mass is 16.5. The summed E-state index contributed by atoms with van der Waals surface area (Å²) in [7, 11) is 0. The number of ketones is 1. The van der Waals surface area contributed by atoms with Gasteiger partial charge in [-0.2, -0.15) is 0 Å². The molecule has 0 saturated heterocycles. The monoisotopic (exact) mass is 369 g/mol. The fourth-order valence-electron chi connectivity index (χ4n) is 2.79. The van der Waals surface area contributed by atoms with Crippen molar-refractivity contribution in [2.24, 2.45) is 0 Å². The molecule has 5 nitrogen and oxygen atoms in total. The highest BCUT2D eigenvalue weighted by Crippen LogP contribution is 2.21. The molecule has 0 aliphatic rings. The Morgan fingerprint density at radius 2 is 1.81 bits per heavy atom. The molecular weight excluding hydrogens is 342 g/mol. The van der Waals surface area contributed by atoms with Gasteiger partial charge in [-0.05, 0) is 56.5 Å². The second-order valence-corrected chi connectivity index (χ2v) is 6.31. The molecule has 0 saturated carbocycles. The van der Waals surface area contributed by atoms with E-state index in [4.69, 9.17) is 9.47 Å². The van der Waals surface area contributed by atoms with Gasteiger partial charge in [0.2, 0.25) is 0 Å². The summed E-state index contributed by atoms with van der Waals surface area (Å²) in [6.45, 7) is 8.39. The van der Waals surface area contributed by atoms with E-state index in [-0.39, 0.29) is 12.4 Å². The number of ether oxygens (including phenoxy) is 2. The standard InChI is InChI=1S/C22H27NO4/c1-5-7-14-27-18-11-8-17(9-12-18)10-13-19(24)20-15(3)21(23-16(20)4)22(25)26-6-2/h8-13,23H,5-7,14H2,1-4H3/b13-10+. The van der Waals surface area contributed by atoms with Gasteiger partial charge >= 0.3 is 5.97 Å². The molecule has 1 heterocycles. The van der Waals surface area contributed by atoms with E-state index in [2.05, 4.69) is 11.9 Å². The van der Waals surface area contributed by atoms with E-state index < -0.39 is 5.97 Å². The SMILES string of the molecule is CCCCOc1ccc(/C=C/C(=O)c2c(C)[nH]c(C(=O)OCC)c2C)cc1. The van der Waals surface area contributed by atoms with Crippen molar-refractivity contribution < 1.29 is 19.1 Å². The van der Waals surface area contributed by atoms with Crippen LogP contribution in [0.5, 0.6) is 5.75 Å². The number of aryl methyl sites for hydroxylation is 1. The third-order valence-electron chi connectivity index (χ3n) is 4.24. The summed E-state index contributed by atoms with van der Waals surface area (Å²) in [6, 6.07) is 7.61. The van der Waals surface area contributed by atoms with E-state index in [1.807, 2.05) is 24.3 Å². The molecule has 0 unspecified atom stereocenters. The van der Waals surface area contributed by atoms with Crippen molar-refractivity contribution in [3.05, 3.63) is 58.4 Å². The number of H-pyrrole nitrogens is 1.